The van der Waals surface area contributed by atoms with Crippen LogP contribution >= 0.6 is 23.2 Å². The van der Waals surface area contributed by atoms with Crippen LogP contribution in [0.4, 0.5) is 0 Å². The molecule has 1 aromatic carbocycles. The van der Waals surface area contributed by atoms with E-state index in [0.717, 1.165) is 18.4 Å². The fraction of sp³-hybridized carbons (Fsp3) is 0.647. The summed E-state index contributed by atoms with van der Waals surface area (Å²) in [5.74, 6) is 0. The van der Waals surface area contributed by atoms with Crippen molar-refractivity contribution in [1.29, 1.82) is 0 Å². The van der Waals surface area contributed by atoms with E-state index in [0.29, 0.717) is 23.1 Å². The van der Waals surface area contributed by atoms with Crippen LogP contribution in [-0.4, -0.2) is 18.2 Å². The zero-order chi connectivity index (χ0) is 15.3. The number of ether oxygens (including phenoxy) is 1. The first-order valence-electron chi connectivity index (χ1n) is 7.91. The first kappa shape index (κ1) is 17.1. The molecule has 21 heavy (non-hydrogen) atoms. The second kappa shape index (κ2) is 7.82. The Morgan fingerprint density at radius 3 is 2.24 bits per heavy atom. The lowest BCUT2D eigenvalue weighted by Crippen LogP contribution is -2.51. The van der Waals surface area contributed by atoms with Gasteiger partial charge in [-0.1, -0.05) is 55.0 Å². The molecule has 1 saturated carbocycles. The lowest BCUT2D eigenvalue weighted by atomic mass is 9.83. The molecule has 2 rings (SSSR count). The Morgan fingerprint density at radius 2 is 1.71 bits per heavy atom. The molecule has 0 heterocycles. The molecule has 0 aliphatic heterocycles. The Kier molecular flexibility index (Phi) is 6.36. The summed E-state index contributed by atoms with van der Waals surface area (Å²) in [6, 6.07) is 5.53. The van der Waals surface area contributed by atoms with Crippen molar-refractivity contribution in [3.63, 3.8) is 0 Å². The number of benzene rings is 1. The van der Waals surface area contributed by atoms with Crippen LogP contribution in [0.3, 0.4) is 0 Å². The predicted molar refractivity (Wildman–Crippen MR) is 90.2 cm³/mol. The average molecular weight is 330 g/mol. The molecule has 4 heteroatoms. The largest absolute Gasteiger partial charge is 0.374 e. The number of hydrogen-bond donors (Lipinski definition) is 1. The van der Waals surface area contributed by atoms with E-state index in [1.807, 2.05) is 25.1 Å². The second-order valence-corrected chi connectivity index (χ2v) is 6.74. The van der Waals surface area contributed by atoms with Gasteiger partial charge in [0.05, 0.1) is 5.60 Å². The monoisotopic (exact) mass is 329 g/mol. The molecule has 0 saturated heterocycles. The molecule has 0 aromatic heterocycles. The number of hydrogen-bond acceptors (Lipinski definition) is 2. The van der Waals surface area contributed by atoms with Crippen molar-refractivity contribution in [2.75, 3.05) is 6.61 Å². The summed E-state index contributed by atoms with van der Waals surface area (Å²) < 4.78 is 6.15. The van der Waals surface area contributed by atoms with Gasteiger partial charge in [-0.15, -0.1) is 0 Å². The molecule has 1 aliphatic carbocycles. The summed E-state index contributed by atoms with van der Waals surface area (Å²) in [6.45, 7) is 2.74. The highest BCUT2D eigenvalue weighted by atomic mass is 35.5. The lowest BCUT2D eigenvalue weighted by molar-refractivity contribution is -0.0683. The third-order valence-electron chi connectivity index (χ3n) is 4.54. The standard InChI is InChI=1S/C17H25Cl2NO/c1-2-21-17(10-5-3-4-6-11-17)16(20)12-13-14(18)8-7-9-15(13)19/h7-9,16H,2-6,10-12,20H2,1H3. The molecular weight excluding hydrogens is 305 g/mol. The van der Waals surface area contributed by atoms with E-state index in [-0.39, 0.29) is 11.6 Å². The maximum atomic E-state index is 6.57. The Labute approximate surface area is 137 Å². The first-order chi connectivity index (χ1) is 10.1. The van der Waals surface area contributed by atoms with Crippen LogP contribution in [0.1, 0.15) is 51.0 Å². The Morgan fingerprint density at radius 1 is 1.14 bits per heavy atom. The minimum Gasteiger partial charge on any atom is -0.374 e. The quantitative estimate of drug-likeness (QED) is 0.772. The fourth-order valence-electron chi connectivity index (χ4n) is 3.37. The van der Waals surface area contributed by atoms with Crippen molar-refractivity contribution < 1.29 is 4.74 Å². The van der Waals surface area contributed by atoms with Gasteiger partial charge in [-0.3, -0.25) is 0 Å². The molecule has 0 spiro atoms. The summed E-state index contributed by atoms with van der Waals surface area (Å²) in [6.07, 6.45) is 7.64. The molecule has 2 nitrogen and oxygen atoms in total. The van der Waals surface area contributed by atoms with E-state index in [2.05, 4.69) is 0 Å². The van der Waals surface area contributed by atoms with Gasteiger partial charge in [0.2, 0.25) is 0 Å². The van der Waals surface area contributed by atoms with Gasteiger partial charge in [-0.05, 0) is 43.9 Å². The van der Waals surface area contributed by atoms with Crippen molar-refractivity contribution in [2.24, 2.45) is 5.73 Å². The molecular formula is C17H25Cl2NO. The van der Waals surface area contributed by atoms with E-state index in [1.165, 1.54) is 25.7 Å². The van der Waals surface area contributed by atoms with Crippen molar-refractivity contribution in [3.8, 4) is 0 Å². The molecule has 0 bridgehead atoms. The van der Waals surface area contributed by atoms with Gasteiger partial charge in [-0.2, -0.15) is 0 Å². The van der Waals surface area contributed by atoms with Gasteiger partial charge in [-0.25, -0.2) is 0 Å². The average Bonchev–Trinajstić information content (AvgIpc) is 2.70. The highest BCUT2D eigenvalue weighted by molar-refractivity contribution is 6.36. The van der Waals surface area contributed by atoms with E-state index in [9.17, 15) is 0 Å². The molecule has 1 aliphatic rings. The second-order valence-electron chi connectivity index (χ2n) is 5.92. The van der Waals surface area contributed by atoms with Crippen molar-refractivity contribution in [3.05, 3.63) is 33.8 Å². The van der Waals surface area contributed by atoms with Gasteiger partial charge in [0, 0.05) is 22.7 Å². The minimum absolute atomic E-state index is 0.0760. The Bertz CT molecular complexity index is 436. The summed E-state index contributed by atoms with van der Waals surface area (Å²) in [7, 11) is 0. The molecule has 1 fully saturated rings. The van der Waals surface area contributed by atoms with Gasteiger partial charge in [0.25, 0.3) is 0 Å². The Balaban J connectivity index is 2.20. The summed E-state index contributed by atoms with van der Waals surface area (Å²) >= 11 is 12.6. The summed E-state index contributed by atoms with van der Waals surface area (Å²) in [4.78, 5) is 0. The van der Waals surface area contributed by atoms with E-state index >= 15 is 0 Å². The number of nitrogens with two attached hydrogens (primary N) is 1. The van der Waals surface area contributed by atoms with Crippen LogP contribution in [-0.2, 0) is 11.2 Å². The van der Waals surface area contributed by atoms with E-state index in [4.69, 9.17) is 33.7 Å². The maximum Gasteiger partial charge on any atom is 0.0835 e. The highest BCUT2D eigenvalue weighted by Gasteiger charge is 2.38. The van der Waals surface area contributed by atoms with Crippen LogP contribution in [0.5, 0.6) is 0 Å². The van der Waals surface area contributed by atoms with E-state index in [1.54, 1.807) is 0 Å². The molecule has 0 radical (unpaired) electrons. The van der Waals surface area contributed by atoms with Crippen LogP contribution in [0, 0.1) is 0 Å². The van der Waals surface area contributed by atoms with Gasteiger partial charge >= 0.3 is 0 Å². The normalized spacial score (nSPS) is 20.0. The molecule has 1 atom stereocenters. The van der Waals surface area contributed by atoms with Gasteiger partial charge in [0.15, 0.2) is 0 Å². The first-order valence-corrected chi connectivity index (χ1v) is 8.67. The molecule has 1 unspecified atom stereocenters. The zero-order valence-corrected chi connectivity index (χ0v) is 14.2. The number of rotatable bonds is 5. The SMILES string of the molecule is CCOC1(C(N)Cc2c(Cl)cccc2Cl)CCCCCC1. The predicted octanol–water partition coefficient (Wildman–Crippen LogP) is 4.99. The maximum absolute atomic E-state index is 6.57. The molecule has 1 aromatic rings. The molecule has 0 amide bonds. The minimum atomic E-state index is -0.228. The van der Waals surface area contributed by atoms with Crippen LogP contribution in [0.15, 0.2) is 18.2 Å². The molecule has 2 N–H and O–H groups in total. The van der Waals surface area contributed by atoms with E-state index < -0.39 is 0 Å². The topological polar surface area (TPSA) is 35.2 Å². The smallest absolute Gasteiger partial charge is 0.0835 e. The lowest BCUT2D eigenvalue weighted by Gasteiger charge is -2.38. The molecule has 118 valence electrons. The van der Waals surface area contributed by atoms with Gasteiger partial charge < -0.3 is 10.5 Å². The Hall–Kier alpha value is -0.280. The van der Waals surface area contributed by atoms with Crippen LogP contribution in [0.25, 0.3) is 0 Å². The zero-order valence-electron chi connectivity index (χ0n) is 12.7. The van der Waals surface area contributed by atoms with Gasteiger partial charge in [0.1, 0.15) is 0 Å². The summed E-state index contributed by atoms with van der Waals surface area (Å²) in [5, 5.41) is 1.39. The fourth-order valence-corrected chi connectivity index (χ4v) is 3.92. The number of halogens is 2. The summed E-state index contributed by atoms with van der Waals surface area (Å²) in [5.41, 5.74) is 7.28. The van der Waals surface area contributed by atoms with Crippen molar-refractivity contribution in [1.82, 2.24) is 0 Å². The van der Waals surface area contributed by atoms with Crippen LogP contribution < -0.4 is 5.73 Å². The third-order valence-corrected chi connectivity index (χ3v) is 5.25. The third kappa shape index (κ3) is 4.13. The van der Waals surface area contributed by atoms with Crippen molar-refractivity contribution in [2.45, 2.75) is 63.5 Å². The van der Waals surface area contributed by atoms with Crippen LogP contribution in [0.2, 0.25) is 10.0 Å². The highest BCUT2D eigenvalue weighted by Crippen LogP contribution is 2.36. The van der Waals surface area contributed by atoms with Crippen molar-refractivity contribution >= 4 is 23.2 Å².